The number of carboxylic acid groups (broad SMARTS) is 1. The van der Waals surface area contributed by atoms with Gasteiger partial charge in [0.1, 0.15) is 0 Å². The molecular weight excluding hydrogens is 227 g/mol. The third-order valence-electron chi connectivity index (χ3n) is 2.10. The molecule has 1 unspecified atom stereocenters. The fraction of sp³-hybridized carbons (Fsp3) is 0.556. The van der Waals surface area contributed by atoms with E-state index >= 15 is 0 Å². The van der Waals surface area contributed by atoms with Gasteiger partial charge in [0, 0.05) is 24.9 Å². The summed E-state index contributed by atoms with van der Waals surface area (Å²) in [4.78, 5) is 21.5. The molecule has 0 bridgehead atoms. The number of carbonyl (C=O) groups is 2. The highest BCUT2D eigenvalue weighted by Crippen LogP contribution is 2.23. The van der Waals surface area contributed by atoms with Gasteiger partial charge >= 0.3 is 18.1 Å². The lowest BCUT2D eigenvalue weighted by Crippen LogP contribution is -2.39. The number of alkyl halides is 3. The normalized spacial score (nSPS) is 20.2. The van der Waals surface area contributed by atoms with Crippen LogP contribution in [-0.4, -0.2) is 41.1 Å². The maximum Gasteiger partial charge on any atom is 0.471 e. The minimum absolute atomic E-state index is 0.0443. The van der Waals surface area contributed by atoms with Gasteiger partial charge in [0.2, 0.25) is 0 Å². The number of hydrogen-bond acceptors (Lipinski definition) is 2. The standard InChI is InChI=1S/C9H8F3NO3/c10-9(11,12)8(16)13-4-3-6(5-13)1-2-7(14)15/h6H,3-5H2,(H,14,15). The number of amides is 1. The predicted octanol–water partition coefficient (Wildman–Crippen LogP) is 0.485. The SMILES string of the molecule is O=C(O)C#CC1CCN(C(=O)C(F)(F)F)C1. The van der Waals surface area contributed by atoms with E-state index in [4.69, 9.17) is 5.11 Å². The second-order valence-electron chi connectivity index (χ2n) is 3.31. The third-order valence-corrected chi connectivity index (χ3v) is 2.10. The Kier molecular flexibility index (Phi) is 3.42. The Labute approximate surface area is 89.0 Å². The first kappa shape index (κ1) is 12.4. The Bertz CT molecular complexity index is 366. The van der Waals surface area contributed by atoms with Crippen molar-refractivity contribution in [2.45, 2.75) is 12.6 Å². The molecule has 1 heterocycles. The predicted molar refractivity (Wildman–Crippen MR) is 46.2 cm³/mol. The van der Waals surface area contributed by atoms with Crippen LogP contribution in [0.3, 0.4) is 0 Å². The van der Waals surface area contributed by atoms with Crippen molar-refractivity contribution in [1.82, 2.24) is 4.90 Å². The second kappa shape index (κ2) is 4.43. The van der Waals surface area contributed by atoms with Gasteiger partial charge in [-0.3, -0.25) is 4.79 Å². The quantitative estimate of drug-likeness (QED) is 0.621. The molecule has 0 saturated carbocycles. The molecule has 0 spiro atoms. The maximum absolute atomic E-state index is 12.0. The molecule has 1 atom stereocenters. The van der Waals surface area contributed by atoms with Crippen LogP contribution >= 0.6 is 0 Å². The van der Waals surface area contributed by atoms with Gasteiger partial charge in [-0.2, -0.15) is 13.2 Å². The molecule has 0 aliphatic carbocycles. The summed E-state index contributed by atoms with van der Waals surface area (Å²) >= 11 is 0. The van der Waals surface area contributed by atoms with Crippen LogP contribution in [0.2, 0.25) is 0 Å². The van der Waals surface area contributed by atoms with E-state index in [1.54, 1.807) is 0 Å². The largest absolute Gasteiger partial charge is 0.472 e. The first-order valence-corrected chi connectivity index (χ1v) is 4.41. The van der Waals surface area contributed by atoms with Crippen molar-refractivity contribution in [3.05, 3.63) is 0 Å². The van der Waals surface area contributed by atoms with E-state index in [1.165, 1.54) is 0 Å². The fourth-order valence-electron chi connectivity index (χ4n) is 1.41. The monoisotopic (exact) mass is 235 g/mol. The third kappa shape index (κ3) is 3.15. The lowest BCUT2D eigenvalue weighted by atomic mass is 10.1. The van der Waals surface area contributed by atoms with Crippen LogP contribution in [-0.2, 0) is 9.59 Å². The number of likely N-dealkylation sites (tertiary alicyclic amines) is 1. The Hall–Kier alpha value is -1.71. The summed E-state index contributed by atoms with van der Waals surface area (Å²) in [5, 5.41) is 8.24. The average molecular weight is 235 g/mol. The maximum atomic E-state index is 12.0. The van der Waals surface area contributed by atoms with Crippen LogP contribution in [0.1, 0.15) is 6.42 Å². The summed E-state index contributed by atoms with van der Waals surface area (Å²) in [5.41, 5.74) is 0. The molecule has 1 N–H and O–H groups in total. The van der Waals surface area contributed by atoms with Crippen molar-refractivity contribution >= 4 is 11.9 Å². The molecule has 0 aromatic heterocycles. The molecule has 0 radical (unpaired) electrons. The van der Waals surface area contributed by atoms with Gasteiger partial charge in [-0.25, -0.2) is 4.79 Å². The molecule has 1 rings (SSSR count). The van der Waals surface area contributed by atoms with Gasteiger partial charge in [-0.05, 0) is 6.42 Å². The van der Waals surface area contributed by atoms with Crippen LogP contribution in [0.15, 0.2) is 0 Å². The van der Waals surface area contributed by atoms with Gasteiger partial charge in [-0.1, -0.05) is 5.92 Å². The van der Waals surface area contributed by atoms with Gasteiger partial charge < -0.3 is 10.0 Å². The summed E-state index contributed by atoms with van der Waals surface area (Å²) in [6, 6.07) is 0. The Morgan fingerprint density at radius 3 is 2.50 bits per heavy atom. The van der Waals surface area contributed by atoms with Crippen LogP contribution in [0.25, 0.3) is 0 Å². The van der Waals surface area contributed by atoms with Crippen LogP contribution in [0.4, 0.5) is 13.2 Å². The lowest BCUT2D eigenvalue weighted by Gasteiger charge is -2.16. The van der Waals surface area contributed by atoms with E-state index in [2.05, 4.69) is 5.92 Å². The number of halogens is 3. The number of hydrogen-bond donors (Lipinski definition) is 1. The van der Waals surface area contributed by atoms with Gasteiger partial charge in [0.05, 0.1) is 0 Å². The highest BCUT2D eigenvalue weighted by atomic mass is 19.4. The molecule has 1 amide bonds. The minimum atomic E-state index is -4.88. The first-order chi connectivity index (χ1) is 7.30. The molecule has 88 valence electrons. The van der Waals surface area contributed by atoms with E-state index in [0.29, 0.717) is 4.90 Å². The molecule has 0 aromatic carbocycles. The number of carboxylic acids is 1. The highest BCUT2D eigenvalue weighted by molar-refractivity contribution is 5.86. The zero-order valence-corrected chi connectivity index (χ0v) is 8.04. The molecule has 0 aromatic rings. The van der Waals surface area contributed by atoms with Gasteiger partial charge in [0.15, 0.2) is 0 Å². The summed E-state index contributed by atoms with van der Waals surface area (Å²) in [6.45, 7) is -0.212. The second-order valence-corrected chi connectivity index (χ2v) is 3.31. The smallest absolute Gasteiger partial charge is 0.471 e. The summed E-state index contributed by atoms with van der Waals surface area (Å²) in [6.07, 6.45) is -4.61. The summed E-state index contributed by atoms with van der Waals surface area (Å²) < 4.78 is 36.1. The Morgan fingerprint density at radius 2 is 2.00 bits per heavy atom. The van der Waals surface area contributed by atoms with Crippen molar-refractivity contribution in [3.63, 3.8) is 0 Å². The van der Waals surface area contributed by atoms with Crippen LogP contribution in [0, 0.1) is 17.8 Å². The van der Waals surface area contributed by atoms with Crippen molar-refractivity contribution < 1.29 is 27.9 Å². The lowest BCUT2D eigenvalue weighted by molar-refractivity contribution is -0.184. The summed E-state index contributed by atoms with van der Waals surface area (Å²) in [5.74, 6) is 0.413. The van der Waals surface area contributed by atoms with E-state index in [9.17, 15) is 22.8 Å². The average Bonchev–Trinajstić information content (AvgIpc) is 2.60. The van der Waals surface area contributed by atoms with E-state index in [-0.39, 0.29) is 19.5 Å². The Balaban J connectivity index is 2.58. The molecule has 4 nitrogen and oxygen atoms in total. The van der Waals surface area contributed by atoms with Crippen LogP contribution in [0.5, 0.6) is 0 Å². The highest BCUT2D eigenvalue weighted by Gasteiger charge is 2.44. The Morgan fingerprint density at radius 1 is 1.38 bits per heavy atom. The number of nitrogens with zero attached hydrogens (tertiary/aromatic N) is 1. The van der Waals surface area contributed by atoms with Gasteiger partial charge in [-0.15, -0.1) is 0 Å². The number of rotatable bonds is 0. The zero-order chi connectivity index (χ0) is 12.3. The fourth-order valence-corrected chi connectivity index (χ4v) is 1.41. The molecule has 1 saturated heterocycles. The van der Waals surface area contributed by atoms with Crippen molar-refractivity contribution in [2.75, 3.05) is 13.1 Å². The van der Waals surface area contributed by atoms with Crippen molar-refractivity contribution in [3.8, 4) is 11.8 Å². The van der Waals surface area contributed by atoms with E-state index in [1.807, 2.05) is 5.92 Å². The van der Waals surface area contributed by atoms with E-state index in [0.717, 1.165) is 0 Å². The minimum Gasteiger partial charge on any atom is -0.472 e. The number of carbonyl (C=O) groups excluding carboxylic acids is 1. The van der Waals surface area contributed by atoms with Crippen LogP contribution < -0.4 is 0 Å². The molecule has 16 heavy (non-hydrogen) atoms. The van der Waals surface area contributed by atoms with E-state index < -0.39 is 24.0 Å². The molecule has 1 fully saturated rings. The van der Waals surface area contributed by atoms with Crippen molar-refractivity contribution in [1.29, 1.82) is 0 Å². The molecule has 1 aliphatic heterocycles. The number of aliphatic carboxylic acids is 1. The van der Waals surface area contributed by atoms with Crippen molar-refractivity contribution in [2.24, 2.45) is 5.92 Å². The molecule has 7 heteroatoms. The molecule has 1 aliphatic rings. The molecular formula is C9H8F3NO3. The topological polar surface area (TPSA) is 57.6 Å². The first-order valence-electron chi connectivity index (χ1n) is 4.41. The zero-order valence-electron chi connectivity index (χ0n) is 8.04. The van der Waals surface area contributed by atoms with Gasteiger partial charge in [0.25, 0.3) is 0 Å². The summed E-state index contributed by atoms with van der Waals surface area (Å²) in [7, 11) is 0.